The largest absolute Gasteiger partial charge is 0.494 e. The Morgan fingerprint density at radius 1 is 1.26 bits per heavy atom. The molecule has 0 aliphatic carbocycles. The number of hydrogen-bond acceptors (Lipinski definition) is 4. The van der Waals surface area contributed by atoms with Crippen LogP contribution in [-0.2, 0) is 9.63 Å². The lowest BCUT2D eigenvalue weighted by molar-refractivity contribution is -0.144. The quantitative estimate of drug-likeness (QED) is 0.552. The highest BCUT2D eigenvalue weighted by molar-refractivity contribution is 5.93. The summed E-state index contributed by atoms with van der Waals surface area (Å²) in [6.07, 6.45) is 2.03. The minimum Gasteiger partial charge on any atom is -0.494 e. The third kappa shape index (κ3) is 5.87. The minimum absolute atomic E-state index is 0.369. The molecule has 0 atom stereocenters. The molecule has 6 heteroatoms. The first-order chi connectivity index (χ1) is 9.13. The van der Waals surface area contributed by atoms with E-state index in [0.29, 0.717) is 17.9 Å². The lowest BCUT2D eigenvalue weighted by Gasteiger charge is -2.07. The summed E-state index contributed by atoms with van der Waals surface area (Å²) in [6, 6.07) is 6.53. The number of ether oxygens (including phenoxy) is 1. The number of hydrogen-bond donors (Lipinski definition) is 2. The Morgan fingerprint density at radius 3 is 2.53 bits per heavy atom. The summed E-state index contributed by atoms with van der Waals surface area (Å²) in [6.45, 7) is 2.14. The molecule has 0 bridgehead atoms. The van der Waals surface area contributed by atoms with E-state index in [4.69, 9.17) is 9.84 Å². The van der Waals surface area contributed by atoms with Gasteiger partial charge in [-0.25, -0.2) is 10.3 Å². The van der Waals surface area contributed by atoms with Crippen molar-refractivity contribution >= 4 is 11.9 Å². The maximum absolute atomic E-state index is 11.5. The molecule has 0 spiro atoms. The molecule has 0 saturated carbocycles. The van der Waals surface area contributed by atoms with Crippen LogP contribution in [0.5, 0.6) is 5.75 Å². The van der Waals surface area contributed by atoms with Crippen molar-refractivity contribution < 1.29 is 24.3 Å². The van der Waals surface area contributed by atoms with Gasteiger partial charge in [-0.1, -0.05) is 13.3 Å². The Bertz CT molecular complexity index is 416. The van der Waals surface area contributed by atoms with Crippen LogP contribution in [0, 0.1) is 0 Å². The van der Waals surface area contributed by atoms with Crippen LogP contribution in [0.25, 0.3) is 0 Å². The van der Waals surface area contributed by atoms with Gasteiger partial charge in [-0.05, 0) is 30.7 Å². The van der Waals surface area contributed by atoms with Crippen molar-refractivity contribution in [3.05, 3.63) is 29.8 Å². The third-order valence-electron chi connectivity index (χ3n) is 2.24. The first-order valence-corrected chi connectivity index (χ1v) is 6.00. The summed E-state index contributed by atoms with van der Waals surface area (Å²) in [7, 11) is 0. The topological polar surface area (TPSA) is 84.9 Å². The molecule has 0 aliphatic rings. The Labute approximate surface area is 111 Å². The molecular weight excluding hydrogens is 250 g/mol. The second-order valence-corrected chi connectivity index (χ2v) is 3.84. The van der Waals surface area contributed by atoms with Crippen LogP contribution < -0.4 is 10.2 Å². The molecule has 0 aliphatic heterocycles. The van der Waals surface area contributed by atoms with Crippen molar-refractivity contribution in [3.8, 4) is 5.75 Å². The van der Waals surface area contributed by atoms with Gasteiger partial charge in [0.1, 0.15) is 5.75 Å². The summed E-state index contributed by atoms with van der Waals surface area (Å²) in [5, 5.41) is 8.34. The smallest absolute Gasteiger partial charge is 0.332 e. The van der Waals surface area contributed by atoms with E-state index in [1.54, 1.807) is 24.3 Å². The van der Waals surface area contributed by atoms with Crippen LogP contribution in [0.4, 0.5) is 0 Å². The normalized spacial score (nSPS) is 9.95. The molecule has 0 saturated heterocycles. The van der Waals surface area contributed by atoms with E-state index < -0.39 is 18.5 Å². The van der Waals surface area contributed by atoms with Gasteiger partial charge in [0.25, 0.3) is 5.91 Å². The summed E-state index contributed by atoms with van der Waals surface area (Å²) in [5.74, 6) is -0.960. The number of benzene rings is 1. The molecule has 2 N–H and O–H groups in total. The third-order valence-corrected chi connectivity index (χ3v) is 2.24. The number of carboxylic acid groups (broad SMARTS) is 1. The monoisotopic (exact) mass is 267 g/mol. The number of amides is 1. The van der Waals surface area contributed by atoms with E-state index in [1.807, 2.05) is 5.48 Å². The standard InChI is InChI=1S/C13H17NO5/c1-2-3-8-18-11-6-4-10(5-7-11)13(17)14-19-9-12(15)16/h4-7H,2-3,8-9H2,1H3,(H,14,17)(H,15,16). The molecule has 0 unspecified atom stereocenters. The number of nitrogens with one attached hydrogen (secondary N) is 1. The molecule has 1 aromatic carbocycles. The molecule has 1 amide bonds. The van der Waals surface area contributed by atoms with Crippen LogP contribution in [-0.4, -0.2) is 30.2 Å². The second kappa shape index (κ2) is 8.10. The molecule has 104 valence electrons. The van der Waals surface area contributed by atoms with Gasteiger partial charge in [-0.3, -0.25) is 9.63 Å². The van der Waals surface area contributed by atoms with E-state index in [1.165, 1.54) is 0 Å². The van der Waals surface area contributed by atoms with Gasteiger partial charge in [-0.15, -0.1) is 0 Å². The van der Waals surface area contributed by atoms with Crippen LogP contribution in [0.2, 0.25) is 0 Å². The lowest BCUT2D eigenvalue weighted by atomic mass is 10.2. The molecule has 0 heterocycles. The molecule has 1 aromatic rings. The zero-order chi connectivity index (χ0) is 14.1. The maximum Gasteiger partial charge on any atom is 0.332 e. The van der Waals surface area contributed by atoms with Crippen molar-refractivity contribution in [1.29, 1.82) is 0 Å². The van der Waals surface area contributed by atoms with E-state index in [2.05, 4.69) is 11.8 Å². The molecule has 19 heavy (non-hydrogen) atoms. The highest BCUT2D eigenvalue weighted by atomic mass is 16.7. The molecule has 0 aromatic heterocycles. The number of carbonyl (C=O) groups is 2. The predicted molar refractivity (Wildman–Crippen MR) is 67.9 cm³/mol. The molecule has 0 radical (unpaired) electrons. The molecule has 0 fully saturated rings. The van der Waals surface area contributed by atoms with Crippen LogP contribution in [0.3, 0.4) is 0 Å². The van der Waals surface area contributed by atoms with E-state index >= 15 is 0 Å². The summed E-state index contributed by atoms with van der Waals surface area (Å²) >= 11 is 0. The van der Waals surface area contributed by atoms with Crippen molar-refractivity contribution in [2.75, 3.05) is 13.2 Å². The number of hydroxylamine groups is 1. The average molecular weight is 267 g/mol. The Balaban J connectivity index is 2.41. The van der Waals surface area contributed by atoms with Gasteiger partial charge in [0, 0.05) is 5.56 Å². The zero-order valence-electron chi connectivity index (χ0n) is 10.7. The lowest BCUT2D eigenvalue weighted by Crippen LogP contribution is -2.26. The van der Waals surface area contributed by atoms with Crippen molar-refractivity contribution in [3.63, 3.8) is 0 Å². The number of carbonyl (C=O) groups excluding carboxylic acids is 1. The number of aliphatic carboxylic acids is 1. The van der Waals surface area contributed by atoms with Crippen LogP contribution >= 0.6 is 0 Å². The van der Waals surface area contributed by atoms with Crippen molar-refractivity contribution in [1.82, 2.24) is 5.48 Å². The highest BCUT2D eigenvalue weighted by Gasteiger charge is 2.06. The van der Waals surface area contributed by atoms with Crippen molar-refractivity contribution in [2.24, 2.45) is 0 Å². The van der Waals surface area contributed by atoms with Gasteiger partial charge in [-0.2, -0.15) is 0 Å². The SMILES string of the molecule is CCCCOc1ccc(C(=O)NOCC(=O)O)cc1. The van der Waals surface area contributed by atoms with E-state index in [0.717, 1.165) is 12.8 Å². The Morgan fingerprint density at radius 2 is 1.95 bits per heavy atom. The first kappa shape index (κ1) is 15.0. The number of rotatable bonds is 8. The van der Waals surface area contributed by atoms with Crippen LogP contribution in [0.1, 0.15) is 30.1 Å². The highest BCUT2D eigenvalue weighted by Crippen LogP contribution is 2.12. The van der Waals surface area contributed by atoms with Gasteiger partial charge >= 0.3 is 5.97 Å². The van der Waals surface area contributed by atoms with Crippen LogP contribution in [0.15, 0.2) is 24.3 Å². The molecule has 6 nitrogen and oxygen atoms in total. The zero-order valence-corrected chi connectivity index (χ0v) is 10.7. The summed E-state index contributed by atoms with van der Waals surface area (Å²) in [5.41, 5.74) is 2.41. The minimum atomic E-state index is -1.15. The van der Waals surface area contributed by atoms with Gasteiger partial charge in [0.2, 0.25) is 0 Å². The fourth-order valence-electron chi connectivity index (χ4n) is 1.26. The Hall–Kier alpha value is -2.08. The van der Waals surface area contributed by atoms with Gasteiger partial charge in [0.15, 0.2) is 6.61 Å². The summed E-state index contributed by atoms with van der Waals surface area (Å²) in [4.78, 5) is 26.2. The number of carboxylic acids is 1. The second-order valence-electron chi connectivity index (χ2n) is 3.84. The van der Waals surface area contributed by atoms with E-state index in [9.17, 15) is 9.59 Å². The van der Waals surface area contributed by atoms with Gasteiger partial charge in [0.05, 0.1) is 6.61 Å². The Kier molecular flexibility index (Phi) is 6.38. The van der Waals surface area contributed by atoms with Gasteiger partial charge < -0.3 is 9.84 Å². The first-order valence-electron chi connectivity index (χ1n) is 6.00. The van der Waals surface area contributed by atoms with Crippen molar-refractivity contribution in [2.45, 2.75) is 19.8 Å². The fourth-order valence-corrected chi connectivity index (χ4v) is 1.26. The average Bonchev–Trinajstić information content (AvgIpc) is 2.39. The number of unbranched alkanes of at least 4 members (excludes halogenated alkanes) is 1. The maximum atomic E-state index is 11.5. The fraction of sp³-hybridized carbons (Fsp3) is 0.385. The predicted octanol–water partition coefficient (Wildman–Crippen LogP) is 1.61. The molecule has 1 rings (SSSR count). The summed E-state index contributed by atoms with van der Waals surface area (Å²) < 4.78 is 5.45. The molecular formula is C13H17NO5. The van der Waals surface area contributed by atoms with E-state index in [-0.39, 0.29) is 0 Å².